The minimum atomic E-state index is 0.0916. The van der Waals surface area contributed by atoms with Crippen LogP contribution in [0.15, 0.2) is 0 Å². The molecule has 0 radical (unpaired) electrons. The van der Waals surface area contributed by atoms with Gasteiger partial charge in [-0.15, -0.1) is 0 Å². The van der Waals surface area contributed by atoms with E-state index in [4.69, 9.17) is 0 Å². The monoisotopic (exact) mass is 155 g/mol. The molecule has 0 aliphatic heterocycles. The van der Waals surface area contributed by atoms with Gasteiger partial charge in [-0.25, -0.2) is 0 Å². The van der Waals surface area contributed by atoms with Gasteiger partial charge in [0.1, 0.15) is 5.78 Å². The van der Waals surface area contributed by atoms with Gasteiger partial charge >= 0.3 is 0 Å². The van der Waals surface area contributed by atoms with Crippen LogP contribution in [0.5, 0.6) is 0 Å². The fraction of sp³-hybridized carbons (Fsp3) is 0.750. The van der Waals surface area contributed by atoms with E-state index in [-0.39, 0.29) is 5.92 Å². The zero-order valence-electron chi connectivity index (χ0n) is 6.51. The zero-order valence-corrected chi connectivity index (χ0v) is 6.51. The molecule has 0 aromatic rings. The Balaban J connectivity index is 2.29. The van der Waals surface area contributed by atoms with Crippen molar-refractivity contribution in [3.8, 4) is 0 Å². The second-order valence-electron chi connectivity index (χ2n) is 2.94. The zero-order chi connectivity index (χ0) is 8.10. The molecular formula is C8H13NO2. The molecule has 0 aromatic heterocycles. The number of carbonyl (C=O) groups excluding carboxylic acids is 2. The third-order valence-electron chi connectivity index (χ3n) is 2.13. The summed E-state index contributed by atoms with van der Waals surface area (Å²) in [6.45, 7) is 0.530. The van der Waals surface area contributed by atoms with Gasteiger partial charge in [0.2, 0.25) is 6.41 Å². The summed E-state index contributed by atoms with van der Waals surface area (Å²) < 4.78 is 0. The van der Waals surface area contributed by atoms with E-state index in [9.17, 15) is 9.59 Å². The number of amides is 1. The van der Waals surface area contributed by atoms with Crippen molar-refractivity contribution in [2.45, 2.75) is 25.7 Å². The van der Waals surface area contributed by atoms with Crippen LogP contribution in [-0.2, 0) is 9.59 Å². The maximum Gasteiger partial charge on any atom is 0.207 e. The highest BCUT2D eigenvalue weighted by Gasteiger charge is 2.21. The Labute approximate surface area is 66.2 Å². The molecule has 0 saturated heterocycles. The second kappa shape index (κ2) is 4.11. The van der Waals surface area contributed by atoms with Crippen LogP contribution in [0.3, 0.4) is 0 Å². The molecule has 0 aromatic carbocycles. The third kappa shape index (κ3) is 2.33. The van der Waals surface area contributed by atoms with E-state index in [0.717, 1.165) is 19.3 Å². The van der Waals surface area contributed by atoms with Crippen LogP contribution in [-0.4, -0.2) is 18.7 Å². The lowest BCUT2D eigenvalue weighted by Gasteiger charge is -2.19. The Morgan fingerprint density at radius 3 is 3.00 bits per heavy atom. The highest BCUT2D eigenvalue weighted by atomic mass is 16.1. The quantitative estimate of drug-likeness (QED) is 0.603. The molecule has 3 heteroatoms. The Morgan fingerprint density at radius 1 is 1.55 bits per heavy atom. The van der Waals surface area contributed by atoms with Crippen LogP contribution in [0.4, 0.5) is 0 Å². The van der Waals surface area contributed by atoms with Gasteiger partial charge in [0.05, 0.1) is 0 Å². The van der Waals surface area contributed by atoms with Crippen molar-refractivity contribution in [1.29, 1.82) is 0 Å². The van der Waals surface area contributed by atoms with E-state index < -0.39 is 0 Å². The summed E-state index contributed by atoms with van der Waals surface area (Å²) >= 11 is 0. The van der Waals surface area contributed by atoms with Crippen molar-refractivity contribution < 1.29 is 9.59 Å². The van der Waals surface area contributed by atoms with Gasteiger partial charge in [0.15, 0.2) is 0 Å². The normalized spacial score (nSPS) is 24.7. The first-order chi connectivity index (χ1) is 5.34. The van der Waals surface area contributed by atoms with Crippen LogP contribution in [0.1, 0.15) is 25.7 Å². The van der Waals surface area contributed by atoms with Crippen LogP contribution in [0, 0.1) is 5.92 Å². The summed E-state index contributed by atoms with van der Waals surface area (Å²) in [5.74, 6) is 0.402. The molecule has 0 spiro atoms. The molecule has 1 aliphatic rings. The Morgan fingerprint density at radius 2 is 2.36 bits per heavy atom. The summed E-state index contributed by atoms with van der Waals surface area (Å²) in [7, 11) is 0. The van der Waals surface area contributed by atoms with Crippen LogP contribution < -0.4 is 5.32 Å². The van der Waals surface area contributed by atoms with E-state index in [0.29, 0.717) is 25.2 Å². The summed E-state index contributed by atoms with van der Waals surface area (Å²) in [6.07, 6.45) is 4.44. The molecule has 1 saturated carbocycles. The lowest BCUT2D eigenvalue weighted by molar-refractivity contribution is -0.124. The Hall–Kier alpha value is -0.860. The minimum Gasteiger partial charge on any atom is -0.358 e. The van der Waals surface area contributed by atoms with E-state index in [1.54, 1.807) is 0 Å². The Bertz CT molecular complexity index is 156. The van der Waals surface area contributed by atoms with Crippen molar-refractivity contribution >= 4 is 12.2 Å². The molecule has 1 N–H and O–H groups in total. The fourth-order valence-corrected chi connectivity index (χ4v) is 1.46. The average molecular weight is 155 g/mol. The predicted octanol–water partition coefficient (Wildman–Crippen LogP) is 0.492. The molecular weight excluding hydrogens is 142 g/mol. The first kappa shape index (κ1) is 8.24. The largest absolute Gasteiger partial charge is 0.358 e. The van der Waals surface area contributed by atoms with Crippen LogP contribution >= 0.6 is 0 Å². The van der Waals surface area contributed by atoms with Crippen molar-refractivity contribution in [3.63, 3.8) is 0 Å². The average Bonchev–Trinajstić information content (AvgIpc) is 2.03. The molecule has 1 rings (SSSR count). The number of ketones is 1. The minimum absolute atomic E-state index is 0.0916. The maximum atomic E-state index is 11.1. The lowest BCUT2D eigenvalue weighted by atomic mass is 9.88. The standard InChI is InChI=1S/C8H13NO2/c10-6-9-5-7-3-1-2-4-8(7)11/h6-7H,1-5H2,(H,9,10)/t7-/m1/s1. The highest BCUT2D eigenvalue weighted by molar-refractivity contribution is 5.82. The van der Waals surface area contributed by atoms with Gasteiger partial charge in [0.25, 0.3) is 0 Å². The molecule has 0 unspecified atom stereocenters. The molecule has 0 bridgehead atoms. The number of Topliss-reactive ketones (excluding diaryl/α,β-unsaturated/α-hetero) is 1. The highest BCUT2D eigenvalue weighted by Crippen LogP contribution is 2.19. The van der Waals surface area contributed by atoms with Crippen molar-refractivity contribution in [3.05, 3.63) is 0 Å². The number of carbonyl (C=O) groups is 2. The molecule has 62 valence electrons. The van der Waals surface area contributed by atoms with Gasteiger partial charge in [0, 0.05) is 18.9 Å². The lowest BCUT2D eigenvalue weighted by Crippen LogP contribution is -2.29. The topological polar surface area (TPSA) is 46.2 Å². The van der Waals surface area contributed by atoms with Crippen molar-refractivity contribution in [1.82, 2.24) is 5.32 Å². The molecule has 3 nitrogen and oxygen atoms in total. The van der Waals surface area contributed by atoms with E-state index >= 15 is 0 Å². The summed E-state index contributed by atoms with van der Waals surface area (Å²) in [6, 6.07) is 0. The van der Waals surface area contributed by atoms with Gasteiger partial charge in [-0.05, 0) is 12.8 Å². The van der Waals surface area contributed by atoms with Crippen molar-refractivity contribution in [2.24, 2.45) is 5.92 Å². The Kier molecular flexibility index (Phi) is 3.08. The van der Waals surface area contributed by atoms with Gasteiger partial charge in [-0.1, -0.05) is 6.42 Å². The molecule has 1 amide bonds. The van der Waals surface area contributed by atoms with E-state index in [1.165, 1.54) is 0 Å². The number of hydrogen-bond acceptors (Lipinski definition) is 2. The number of rotatable bonds is 3. The first-order valence-corrected chi connectivity index (χ1v) is 4.04. The predicted molar refractivity (Wildman–Crippen MR) is 41.0 cm³/mol. The van der Waals surface area contributed by atoms with E-state index in [2.05, 4.69) is 5.32 Å². The van der Waals surface area contributed by atoms with Crippen molar-refractivity contribution in [2.75, 3.05) is 6.54 Å². The molecule has 0 heterocycles. The number of nitrogens with one attached hydrogen (secondary N) is 1. The summed E-state index contributed by atoms with van der Waals surface area (Å²) in [5.41, 5.74) is 0. The first-order valence-electron chi connectivity index (χ1n) is 4.04. The van der Waals surface area contributed by atoms with Gasteiger partial charge in [-0.3, -0.25) is 9.59 Å². The molecule has 1 fully saturated rings. The fourth-order valence-electron chi connectivity index (χ4n) is 1.46. The second-order valence-corrected chi connectivity index (χ2v) is 2.94. The van der Waals surface area contributed by atoms with Gasteiger partial charge < -0.3 is 5.32 Å². The molecule has 1 atom stereocenters. The van der Waals surface area contributed by atoms with Crippen LogP contribution in [0.2, 0.25) is 0 Å². The SMILES string of the molecule is O=CNC[C@H]1CCCCC1=O. The molecule has 11 heavy (non-hydrogen) atoms. The summed E-state index contributed by atoms with van der Waals surface area (Å²) in [4.78, 5) is 21.1. The van der Waals surface area contributed by atoms with Crippen LogP contribution in [0.25, 0.3) is 0 Å². The third-order valence-corrected chi connectivity index (χ3v) is 2.13. The van der Waals surface area contributed by atoms with Gasteiger partial charge in [-0.2, -0.15) is 0 Å². The van der Waals surface area contributed by atoms with E-state index in [1.807, 2.05) is 0 Å². The summed E-state index contributed by atoms with van der Waals surface area (Å²) in [5, 5.41) is 2.55. The molecule has 1 aliphatic carbocycles. The maximum absolute atomic E-state index is 11.1. The smallest absolute Gasteiger partial charge is 0.207 e. The number of hydrogen-bond donors (Lipinski definition) is 1.